The van der Waals surface area contributed by atoms with Crippen LogP contribution < -0.4 is 9.47 Å². The van der Waals surface area contributed by atoms with Crippen LogP contribution in [0, 0.1) is 0 Å². The van der Waals surface area contributed by atoms with Crippen LogP contribution in [-0.2, 0) is 4.79 Å². The van der Waals surface area contributed by atoms with Gasteiger partial charge in [0.1, 0.15) is 0 Å². The molecule has 4 nitrogen and oxygen atoms in total. The normalized spacial score (nSPS) is 18.0. The Morgan fingerprint density at radius 3 is 2.67 bits per heavy atom. The van der Waals surface area contributed by atoms with Crippen molar-refractivity contribution >= 4 is 17.1 Å². The molecule has 0 bridgehead atoms. The van der Waals surface area contributed by atoms with Crippen LogP contribution in [0.2, 0.25) is 0 Å². The lowest BCUT2D eigenvalue weighted by Gasteiger charge is -1.98. The zero-order valence-corrected chi connectivity index (χ0v) is 7.71. The predicted molar refractivity (Wildman–Crippen MR) is 52.9 cm³/mol. The Kier molecular flexibility index (Phi) is 1.62. The maximum atomic E-state index is 10.5. The molecule has 1 aliphatic rings. The summed E-state index contributed by atoms with van der Waals surface area (Å²) < 4.78 is 10.5. The van der Waals surface area contributed by atoms with Gasteiger partial charge in [0.25, 0.3) is 6.29 Å². The van der Waals surface area contributed by atoms with Gasteiger partial charge in [-0.25, -0.2) is 0 Å². The summed E-state index contributed by atoms with van der Waals surface area (Å²) in [7, 11) is 0. The monoisotopic (exact) mass is 201 g/mol. The van der Waals surface area contributed by atoms with Crippen LogP contribution in [0.15, 0.2) is 30.6 Å². The molecule has 0 fully saturated rings. The van der Waals surface area contributed by atoms with Crippen molar-refractivity contribution in [2.45, 2.75) is 6.29 Å². The second kappa shape index (κ2) is 2.95. The molecule has 74 valence electrons. The second-order valence-electron chi connectivity index (χ2n) is 3.26. The highest BCUT2D eigenvalue weighted by Crippen LogP contribution is 2.37. The van der Waals surface area contributed by atoms with E-state index in [9.17, 15) is 4.79 Å². The molecule has 2 aromatic rings. The molecule has 0 N–H and O–H groups in total. The summed E-state index contributed by atoms with van der Waals surface area (Å²) in [5.74, 6) is 1.19. The number of carbonyl (C=O) groups excluding carboxylic acids is 1. The number of nitrogens with zero attached hydrogens (tertiary/aromatic N) is 1. The molecule has 2 heterocycles. The van der Waals surface area contributed by atoms with Gasteiger partial charge in [0, 0.05) is 17.8 Å². The van der Waals surface area contributed by atoms with Crippen LogP contribution in [0.1, 0.15) is 0 Å². The minimum Gasteiger partial charge on any atom is -0.444 e. The summed E-state index contributed by atoms with van der Waals surface area (Å²) in [5.41, 5.74) is 0. The van der Waals surface area contributed by atoms with Crippen molar-refractivity contribution in [1.29, 1.82) is 0 Å². The van der Waals surface area contributed by atoms with Crippen LogP contribution >= 0.6 is 0 Å². The van der Waals surface area contributed by atoms with Gasteiger partial charge < -0.3 is 9.47 Å². The first-order chi connectivity index (χ1) is 7.36. The molecule has 4 heteroatoms. The van der Waals surface area contributed by atoms with Gasteiger partial charge in [-0.3, -0.25) is 9.78 Å². The summed E-state index contributed by atoms with van der Waals surface area (Å²) in [6, 6.07) is 5.55. The number of hydrogen-bond donors (Lipinski definition) is 0. The number of aldehydes is 1. The molecule has 3 rings (SSSR count). The van der Waals surface area contributed by atoms with E-state index in [1.165, 1.54) is 0 Å². The van der Waals surface area contributed by atoms with Crippen LogP contribution in [0.3, 0.4) is 0 Å². The van der Waals surface area contributed by atoms with Gasteiger partial charge in [-0.05, 0) is 23.6 Å². The molecule has 0 aliphatic carbocycles. The molecule has 1 aromatic carbocycles. The number of carbonyl (C=O) groups is 1. The first-order valence-electron chi connectivity index (χ1n) is 4.53. The highest BCUT2D eigenvalue weighted by atomic mass is 16.7. The lowest BCUT2D eigenvalue weighted by molar-refractivity contribution is -0.121. The molecule has 1 unspecified atom stereocenters. The van der Waals surface area contributed by atoms with E-state index in [1.807, 2.05) is 18.2 Å². The van der Waals surface area contributed by atoms with Crippen molar-refractivity contribution in [2.75, 3.05) is 0 Å². The van der Waals surface area contributed by atoms with Crippen LogP contribution in [-0.4, -0.2) is 17.6 Å². The number of aromatic nitrogens is 1. The lowest BCUT2D eigenvalue weighted by atomic mass is 10.1. The number of ether oxygens (including phenoxy) is 2. The number of pyridine rings is 1. The third-order valence-corrected chi connectivity index (χ3v) is 2.30. The minimum atomic E-state index is -0.815. The van der Waals surface area contributed by atoms with Crippen LogP contribution in [0.5, 0.6) is 11.5 Å². The first kappa shape index (κ1) is 8.23. The van der Waals surface area contributed by atoms with E-state index in [4.69, 9.17) is 9.47 Å². The third kappa shape index (κ3) is 1.22. The fourth-order valence-corrected chi connectivity index (χ4v) is 1.61. The molecule has 1 aromatic heterocycles. The van der Waals surface area contributed by atoms with E-state index in [-0.39, 0.29) is 0 Å². The van der Waals surface area contributed by atoms with Crippen LogP contribution in [0.25, 0.3) is 10.8 Å². The van der Waals surface area contributed by atoms with E-state index in [0.717, 1.165) is 10.8 Å². The van der Waals surface area contributed by atoms with E-state index in [0.29, 0.717) is 17.8 Å². The number of fused-ring (bicyclic) bond motifs is 2. The average molecular weight is 201 g/mol. The van der Waals surface area contributed by atoms with Crippen molar-refractivity contribution in [2.24, 2.45) is 0 Å². The van der Waals surface area contributed by atoms with E-state index >= 15 is 0 Å². The van der Waals surface area contributed by atoms with Gasteiger partial charge in [-0.1, -0.05) is 0 Å². The molecule has 0 spiro atoms. The fraction of sp³-hybridized carbons (Fsp3) is 0.0909. The van der Waals surface area contributed by atoms with Gasteiger partial charge >= 0.3 is 0 Å². The molecule has 0 radical (unpaired) electrons. The van der Waals surface area contributed by atoms with Gasteiger partial charge in [0.15, 0.2) is 11.5 Å². The maximum Gasteiger partial charge on any atom is 0.297 e. The van der Waals surface area contributed by atoms with E-state index in [1.54, 1.807) is 12.4 Å². The molecular weight excluding hydrogens is 194 g/mol. The Hall–Kier alpha value is -2.10. The number of benzene rings is 1. The van der Waals surface area contributed by atoms with Crippen molar-refractivity contribution < 1.29 is 14.3 Å². The average Bonchev–Trinajstić information content (AvgIpc) is 2.67. The highest BCUT2D eigenvalue weighted by molar-refractivity contribution is 5.85. The Morgan fingerprint density at radius 1 is 1.20 bits per heavy atom. The van der Waals surface area contributed by atoms with Crippen molar-refractivity contribution in [3.05, 3.63) is 30.6 Å². The third-order valence-electron chi connectivity index (χ3n) is 2.30. The number of rotatable bonds is 1. The molecule has 1 aliphatic heterocycles. The Bertz CT molecular complexity index is 494. The molecule has 0 saturated heterocycles. The first-order valence-corrected chi connectivity index (χ1v) is 4.53. The Morgan fingerprint density at radius 2 is 1.93 bits per heavy atom. The van der Waals surface area contributed by atoms with E-state index in [2.05, 4.69) is 4.98 Å². The van der Waals surface area contributed by atoms with Gasteiger partial charge in [-0.15, -0.1) is 0 Å². The standard InChI is InChI=1S/C11H7NO3/c13-6-11-14-9-3-7-1-2-12-5-8(7)4-10(9)15-11/h1-6,11H. The number of hydrogen-bond acceptors (Lipinski definition) is 4. The molecule has 15 heavy (non-hydrogen) atoms. The van der Waals surface area contributed by atoms with Gasteiger partial charge in [0.2, 0.25) is 6.29 Å². The topological polar surface area (TPSA) is 48.4 Å². The summed E-state index contributed by atoms with van der Waals surface area (Å²) in [5, 5.41) is 1.98. The molecule has 0 amide bonds. The van der Waals surface area contributed by atoms with E-state index < -0.39 is 6.29 Å². The SMILES string of the molecule is O=CC1Oc2cc3ccncc3cc2O1. The smallest absolute Gasteiger partial charge is 0.297 e. The van der Waals surface area contributed by atoms with Crippen LogP contribution in [0.4, 0.5) is 0 Å². The zero-order valence-electron chi connectivity index (χ0n) is 7.71. The summed E-state index contributed by atoms with van der Waals surface area (Å²) >= 11 is 0. The van der Waals surface area contributed by atoms with Crippen molar-refractivity contribution in [3.63, 3.8) is 0 Å². The Labute approximate surface area is 85.4 Å². The molecule has 1 atom stereocenters. The minimum absolute atomic E-state index is 0.590. The largest absolute Gasteiger partial charge is 0.444 e. The highest BCUT2D eigenvalue weighted by Gasteiger charge is 2.23. The van der Waals surface area contributed by atoms with Crippen molar-refractivity contribution in [3.8, 4) is 11.5 Å². The van der Waals surface area contributed by atoms with Crippen molar-refractivity contribution in [1.82, 2.24) is 4.98 Å². The fourth-order valence-electron chi connectivity index (χ4n) is 1.61. The summed E-state index contributed by atoms with van der Waals surface area (Å²) in [6.07, 6.45) is 3.27. The Balaban J connectivity index is 2.18. The van der Waals surface area contributed by atoms with Gasteiger partial charge in [0.05, 0.1) is 0 Å². The summed E-state index contributed by atoms with van der Waals surface area (Å²) in [6.45, 7) is 0. The molecular formula is C11H7NO3. The second-order valence-corrected chi connectivity index (χ2v) is 3.26. The summed E-state index contributed by atoms with van der Waals surface area (Å²) in [4.78, 5) is 14.5. The lowest BCUT2D eigenvalue weighted by Crippen LogP contribution is -2.18. The molecule has 0 saturated carbocycles. The quantitative estimate of drug-likeness (QED) is 0.656. The predicted octanol–water partition coefficient (Wildman–Crippen LogP) is 1.53. The maximum absolute atomic E-state index is 10.5. The zero-order chi connectivity index (χ0) is 10.3. The van der Waals surface area contributed by atoms with Gasteiger partial charge in [-0.2, -0.15) is 0 Å².